The van der Waals surface area contributed by atoms with Crippen LogP contribution in [0.4, 0.5) is 0 Å². The van der Waals surface area contributed by atoms with E-state index < -0.39 is 0 Å². The molecule has 0 N–H and O–H groups in total. The summed E-state index contributed by atoms with van der Waals surface area (Å²) in [6.45, 7) is 4.00. The van der Waals surface area contributed by atoms with E-state index in [2.05, 4.69) is 66.2 Å². The summed E-state index contributed by atoms with van der Waals surface area (Å²) in [7, 11) is 2.13. The Bertz CT molecular complexity index is 1050. The molecule has 2 heterocycles. The summed E-state index contributed by atoms with van der Waals surface area (Å²) in [6.07, 6.45) is 0. The van der Waals surface area contributed by atoms with Crippen LogP contribution in [0.1, 0.15) is 13.8 Å². The molecule has 0 aliphatic carbocycles. The Morgan fingerprint density at radius 2 is 1.54 bits per heavy atom. The van der Waals surface area contributed by atoms with Crippen molar-refractivity contribution in [1.29, 1.82) is 0 Å². The van der Waals surface area contributed by atoms with Crippen molar-refractivity contribution in [2.24, 2.45) is 7.05 Å². The Kier molecular flexibility index (Phi) is 3.84. The number of aromatic nitrogens is 1. The van der Waals surface area contributed by atoms with E-state index in [9.17, 15) is 0 Å². The van der Waals surface area contributed by atoms with Gasteiger partial charge in [0, 0.05) is 0 Å². The number of fused-ring (bicyclic) bond motifs is 6. The molecular weight excluding hydrogens is 361 g/mol. The number of ether oxygens (including phenoxy) is 1. The Balaban J connectivity index is 0.000000704. The van der Waals surface area contributed by atoms with E-state index in [1.807, 2.05) is 19.9 Å². The molecule has 0 saturated heterocycles. The molecule has 3 aromatic carbocycles. The molecule has 4 aromatic rings. The van der Waals surface area contributed by atoms with Crippen molar-refractivity contribution >= 4 is 45.7 Å². The molecule has 0 fully saturated rings. The van der Waals surface area contributed by atoms with Crippen LogP contribution in [-0.2, 0) is 7.05 Å². The maximum atomic E-state index is 6.30. The fourth-order valence-electron chi connectivity index (χ4n) is 3.24. The van der Waals surface area contributed by atoms with Crippen molar-refractivity contribution in [3.63, 3.8) is 0 Å². The Morgan fingerprint density at radius 1 is 0.792 bits per heavy atom. The van der Waals surface area contributed by atoms with Crippen molar-refractivity contribution in [2.45, 2.75) is 13.8 Å². The third-order valence-corrected chi connectivity index (χ3v) is 6.57. The minimum absolute atomic E-state index is 0.300. The SMILES string of the molecule is CC.Cn1c2ccccc2c2ccc3c(c21)Oc1ccccc1[Se]3. The molecular formula is C21H19NOSe. The van der Waals surface area contributed by atoms with Gasteiger partial charge < -0.3 is 0 Å². The average molecular weight is 380 g/mol. The van der Waals surface area contributed by atoms with Gasteiger partial charge in [0.05, 0.1) is 0 Å². The van der Waals surface area contributed by atoms with Crippen LogP contribution in [0.25, 0.3) is 21.8 Å². The fourth-order valence-corrected chi connectivity index (χ4v) is 5.26. The molecule has 0 saturated carbocycles. The molecule has 5 rings (SSSR count). The van der Waals surface area contributed by atoms with Crippen LogP contribution in [0.3, 0.4) is 0 Å². The maximum absolute atomic E-state index is 6.30. The summed E-state index contributed by atoms with van der Waals surface area (Å²) in [5.74, 6) is 2.04. The van der Waals surface area contributed by atoms with Crippen molar-refractivity contribution in [3.05, 3.63) is 60.7 Å². The van der Waals surface area contributed by atoms with Crippen LogP contribution in [0.2, 0.25) is 0 Å². The van der Waals surface area contributed by atoms with E-state index in [0.717, 1.165) is 11.5 Å². The zero-order valence-electron chi connectivity index (χ0n) is 14.0. The molecule has 2 nitrogen and oxygen atoms in total. The van der Waals surface area contributed by atoms with Crippen LogP contribution in [-0.4, -0.2) is 19.5 Å². The van der Waals surface area contributed by atoms with E-state index in [0.29, 0.717) is 15.0 Å². The van der Waals surface area contributed by atoms with Gasteiger partial charge >= 0.3 is 134 Å². The predicted molar refractivity (Wildman–Crippen MR) is 103 cm³/mol. The first-order valence-corrected chi connectivity index (χ1v) is 9.99. The van der Waals surface area contributed by atoms with Crippen molar-refractivity contribution in [1.82, 2.24) is 4.57 Å². The van der Waals surface area contributed by atoms with Gasteiger partial charge in [-0.05, 0) is 0 Å². The van der Waals surface area contributed by atoms with Gasteiger partial charge in [-0.3, -0.25) is 0 Å². The first-order valence-electron chi connectivity index (χ1n) is 8.28. The van der Waals surface area contributed by atoms with Crippen molar-refractivity contribution < 1.29 is 4.74 Å². The summed E-state index contributed by atoms with van der Waals surface area (Å²) in [6, 6.07) is 21.4. The van der Waals surface area contributed by atoms with Crippen LogP contribution in [0, 0.1) is 0 Å². The van der Waals surface area contributed by atoms with Crippen LogP contribution < -0.4 is 13.7 Å². The molecule has 3 heteroatoms. The first kappa shape index (κ1) is 15.3. The molecule has 0 unspecified atom stereocenters. The standard InChI is InChI=1S/C19H13NOSe.C2H6/c1-20-14-7-3-2-6-12(14)13-10-11-17-19(18(13)20)21-15-8-4-5-9-16(15)22-17;1-2/h2-11H,1H3;1-2H3. The van der Waals surface area contributed by atoms with Gasteiger partial charge in [0.2, 0.25) is 0 Å². The third kappa shape index (κ3) is 2.16. The number of benzene rings is 3. The van der Waals surface area contributed by atoms with Gasteiger partial charge in [-0.2, -0.15) is 0 Å². The summed E-state index contributed by atoms with van der Waals surface area (Å²) >= 11 is 0.300. The Hall–Kier alpha value is -2.22. The number of nitrogens with zero attached hydrogens (tertiary/aromatic N) is 1. The fraction of sp³-hybridized carbons (Fsp3) is 0.143. The topological polar surface area (TPSA) is 14.2 Å². The second-order valence-electron chi connectivity index (χ2n) is 5.52. The van der Waals surface area contributed by atoms with Crippen LogP contribution in [0.5, 0.6) is 11.5 Å². The summed E-state index contributed by atoms with van der Waals surface area (Å²) in [5.41, 5.74) is 2.45. The molecule has 1 aliphatic heterocycles. The second-order valence-corrected chi connectivity index (χ2v) is 7.79. The molecule has 1 aliphatic rings. The molecule has 0 atom stereocenters. The number of rotatable bonds is 0. The average Bonchev–Trinajstić information content (AvgIpc) is 2.95. The number of hydrogen-bond donors (Lipinski definition) is 0. The molecule has 1 aromatic heterocycles. The predicted octanol–water partition coefficient (Wildman–Crippen LogP) is 4.12. The van der Waals surface area contributed by atoms with E-state index >= 15 is 0 Å². The third-order valence-electron chi connectivity index (χ3n) is 4.27. The van der Waals surface area contributed by atoms with Gasteiger partial charge in [0.1, 0.15) is 0 Å². The monoisotopic (exact) mass is 381 g/mol. The van der Waals surface area contributed by atoms with E-state index in [1.165, 1.54) is 30.7 Å². The molecule has 120 valence electrons. The van der Waals surface area contributed by atoms with Crippen LogP contribution >= 0.6 is 0 Å². The molecule has 0 amide bonds. The second kappa shape index (κ2) is 6.01. The number of para-hydroxylation sites is 2. The summed E-state index contributed by atoms with van der Waals surface area (Å²) in [5, 5.41) is 2.56. The zero-order valence-corrected chi connectivity index (χ0v) is 15.8. The number of hydrogen-bond acceptors (Lipinski definition) is 1. The molecule has 24 heavy (non-hydrogen) atoms. The van der Waals surface area contributed by atoms with E-state index in [-0.39, 0.29) is 0 Å². The van der Waals surface area contributed by atoms with E-state index in [1.54, 1.807) is 0 Å². The van der Waals surface area contributed by atoms with Crippen molar-refractivity contribution in [3.8, 4) is 11.5 Å². The Labute approximate surface area is 148 Å². The zero-order chi connectivity index (χ0) is 16.7. The van der Waals surface area contributed by atoms with Gasteiger partial charge in [0.25, 0.3) is 0 Å². The minimum atomic E-state index is 0.300. The van der Waals surface area contributed by atoms with Crippen molar-refractivity contribution in [2.75, 3.05) is 0 Å². The Morgan fingerprint density at radius 3 is 2.42 bits per heavy atom. The van der Waals surface area contributed by atoms with Gasteiger partial charge in [0.15, 0.2) is 0 Å². The number of aryl methyl sites for hydroxylation is 1. The van der Waals surface area contributed by atoms with Gasteiger partial charge in [-0.25, -0.2) is 0 Å². The van der Waals surface area contributed by atoms with Crippen LogP contribution in [0.15, 0.2) is 60.7 Å². The quantitative estimate of drug-likeness (QED) is 0.369. The van der Waals surface area contributed by atoms with Gasteiger partial charge in [-0.15, -0.1) is 0 Å². The first-order chi connectivity index (χ1) is 11.8. The summed E-state index contributed by atoms with van der Waals surface area (Å²) < 4.78 is 11.2. The van der Waals surface area contributed by atoms with Gasteiger partial charge in [-0.1, -0.05) is 13.8 Å². The molecule has 0 spiro atoms. The molecule has 0 bridgehead atoms. The summed E-state index contributed by atoms with van der Waals surface area (Å²) in [4.78, 5) is 0. The normalized spacial score (nSPS) is 12.1. The molecule has 0 radical (unpaired) electrons. The van der Waals surface area contributed by atoms with E-state index in [4.69, 9.17) is 4.74 Å².